The van der Waals surface area contributed by atoms with Crippen molar-refractivity contribution >= 4 is 0 Å². The summed E-state index contributed by atoms with van der Waals surface area (Å²) in [5.74, 6) is 0.423. The van der Waals surface area contributed by atoms with Gasteiger partial charge in [0.05, 0.1) is 0 Å². The molecule has 2 nitrogen and oxygen atoms in total. The van der Waals surface area contributed by atoms with E-state index in [-0.39, 0.29) is 0 Å². The van der Waals surface area contributed by atoms with Gasteiger partial charge in [0.2, 0.25) is 0 Å². The molecule has 1 heterocycles. The zero-order valence-corrected chi connectivity index (χ0v) is 12.1. The second-order valence-corrected chi connectivity index (χ2v) is 5.75. The molecule has 0 amide bonds. The molecular weight excluding hydrogens is 246 g/mol. The van der Waals surface area contributed by atoms with Crippen LogP contribution in [0.2, 0.25) is 0 Å². The molecule has 0 aromatic heterocycles. The van der Waals surface area contributed by atoms with E-state index < -0.39 is 0 Å². The maximum absolute atomic E-state index is 10.1. The van der Waals surface area contributed by atoms with Gasteiger partial charge >= 0.3 is 0 Å². The third kappa shape index (κ3) is 2.44. The van der Waals surface area contributed by atoms with Crippen molar-refractivity contribution in [3.63, 3.8) is 0 Å². The van der Waals surface area contributed by atoms with Gasteiger partial charge in [-0.15, -0.1) is 0 Å². The van der Waals surface area contributed by atoms with Crippen LogP contribution in [0.3, 0.4) is 0 Å². The molecule has 1 aliphatic heterocycles. The van der Waals surface area contributed by atoms with Gasteiger partial charge in [0.15, 0.2) is 0 Å². The molecule has 1 saturated heterocycles. The molecule has 2 heteroatoms. The highest BCUT2D eigenvalue weighted by atomic mass is 16.3. The number of hydrogen-bond acceptors (Lipinski definition) is 2. The van der Waals surface area contributed by atoms with Gasteiger partial charge in [-0.05, 0) is 43.0 Å². The van der Waals surface area contributed by atoms with E-state index in [9.17, 15) is 5.11 Å². The first-order valence-electron chi connectivity index (χ1n) is 7.23. The number of phenols is 1. The third-order valence-corrected chi connectivity index (χ3v) is 4.38. The fraction of sp³-hybridized carbons (Fsp3) is 0.333. The van der Waals surface area contributed by atoms with Crippen LogP contribution in [0.5, 0.6) is 5.75 Å². The van der Waals surface area contributed by atoms with Gasteiger partial charge in [-0.3, -0.25) is 4.90 Å². The minimum absolute atomic E-state index is 0.423. The molecular formula is C18H21NO. The van der Waals surface area contributed by atoms with Crippen LogP contribution < -0.4 is 0 Å². The third-order valence-electron chi connectivity index (χ3n) is 4.38. The van der Waals surface area contributed by atoms with Gasteiger partial charge in [0.1, 0.15) is 5.75 Å². The van der Waals surface area contributed by atoms with E-state index in [0.29, 0.717) is 11.8 Å². The normalized spacial score (nSPS) is 18.8. The summed E-state index contributed by atoms with van der Waals surface area (Å²) in [6.45, 7) is 6.07. The van der Waals surface area contributed by atoms with Crippen LogP contribution in [-0.4, -0.2) is 16.6 Å². The molecule has 0 radical (unpaired) electrons. The Labute approximate surface area is 120 Å². The molecule has 0 aliphatic carbocycles. The second-order valence-electron chi connectivity index (χ2n) is 5.75. The van der Waals surface area contributed by atoms with Crippen LogP contribution in [0.1, 0.15) is 34.7 Å². The Kier molecular flexibility index (Phi) is 3.49. The van der Waals surface area contributed by atoms with Crippen LogP contribution in [0, 0.1) is 13.8 Å². The molecule has 1 fully saturated rings. The Bertz CT molecular complexity index is 606. The number of rotatable bonds is 3. The Hall–Kier alpha value is -1.80. The maximum atomic E-state index is 10.1. The highest BCUT2D eigenvalue weighted by Gasteiger charge is 2.29. The quantitative estimate of drug-likeness (QED) is 0.910. The summed E-state index contributed by atoms with van der Waals surface area (Å²) in [5, 5.41) is 10.1. The average Bonchev–Trinajstić information content (AvgIpc) is 2.41. The molecule has 0 unspecified atom stereocenters. The molecule has 1 atom stereocenters. The first kappa shape index (κ1) is 13.2. The molecule has 20 heavy (non-hydrogen) atoms. The van der Waals surface area contributed by atoms with E-state index >= 15 is 0 Å². The van der Waals surface area contributed by atoms with Gasteiger partial charge in [0, 0.05) is 24.7 Å². The van der Waals surface area contributed by atoms with E-state index in [1.54, 1.807) is 0 Å². The van der Waals surface area contributed by atoms with E-state index in [0.717, 1.165) is 24.2 Å². The van der Waals surface area contributed by atoms with Gasteiger partial charge in [-0.1, -0.05) is 36.4 Å². The number of aromatic hydroxyl groups is 1. The SMILES string of the molecule is Cc1cc(O)c(CN2CC[C@H]2c2ccccc2)cc1C. The lowest BCUT2D eigenvalue weighted by Gasteiger charge is -2.41. The molecule has 104 valence electrons. The fourth-order valence-electron chi connectivity index (χ4n) is 2.89. The molecule has 2 aromatic rings. The highest BCUT2D eigenvalue weighted by Crippen LogP contribution is 2.36. The lowest BCUT2D eigenvalue weighted by atomic mass is 9.93. The van der Waals surface area contributed by atoms with Crippen molar-refractivity contribution in [2.75, 3.05) is 6.54 Å². The predicted octanol–water partition coefficient (Wildman–Crippen LogP) is 3.96. The Morgan fingerprint density at radius 1 is 1.10 bits per heavy atom. The Balaban J connectivity index is 1.77. The van der Waals surface area contributed by atoms with Crippen molar-refractivity contribution in [1.82, 2.24) is 4.90 Å². The maximum Gasteiger partial charge on any atom is 0.120 e. The minimum Gasteiger partial charge on any atom is -0.508 e. The molecule has 0 bridgehead atoms. The first-order valence-corrected chi connectivity index (χ1v) is 7.23. The number of hydrogen-bond donors (Lipinski definition) is 1. The number of nitrogens with zero attached hydrogens (tertiary/aromatic N) is 1. The molecule has 1 aliphatic rings. The number of phenolic OH excluding ortho intramolecular Hbond substituents is 1. The van der Waals surface area contributed by atoms with Crippen molar-refractivity contribution in [3.05, 3.63) is 64.7 Å². The van der Waals surface area contributed by atoms with E-state index in [4.69, 9.17) is 0 Å². The molecule has 0 saturated carbocycles. The van der Waals surface area contributed by atoms with Gasteiger partial charge in [-0.2, -0.15) is 0 Å². The molecule has 0 spiro atoms. The number of likely N-dealkylation sites (tertiary alicyclic amines) is 1. The monoisotopic (exact) mass is 267 g/mol. The molecule has 2 aromatic carbocycles. The average molecular weight is 267 g/mol. The summed E-state index contributed by atoms with van der Waals surface area (Å²) in [4.78, 5) is 2.43. The van der Waals surface area contributed by atoms with Crippen LogP contribution in [0.4, 0.5) is 0 Å². The Morgan fingerprint density at radius 2 is 1.80 bits per heavy atom. The first-order chi connectivity index (χ1) is 9.65. The summed E-state index contributed by atoms with van der Waals surface area (Å²) in [5.41, 5.74) is 4.81. The van der Waals surface area contributed by atoms with Gasteiger partial charge < -0.3 is 5.11 Å². The minimum atomic E-state index is 0.423. The highest BCUT2D eigenvalue weighted by molar-refractivity contribution is 5.41. The van der Waals surface area contributed by atoms with Crippen molar-refractivity contribution < 1.29 is 5.11 Å². The summed E-state index contributed by atoms with van der Waals surface area (Å²) in [6, 6.07) is 15.1. The van der Waals surface area contributed by atoms with Crippen molar-refractivity contribution in [2.24, 2.45) is 0 Å². The zero-order chi connectivity index (χ0) is 14.1. The van der Waals surface area contributed by atoms with Gasteiger partial charge in [0.25, 0.3) is 0 Å². The van der Waals surface area contributed by atoms with Crippen molar-refractivity contribution in [3.8, 4) is 5.75 Å². The largest absolute Gasteiger partial charge is 0.508 e. The number of benzene rings is 2. The Morgan fingerprint density at radius 3 is 2.45 bits per heavy atom. The summed E-state index contributed by atoms with van der Waals surface area (Å²) >= 11 is 0. The predicted molar refractivity (Wildman–Crippen MR) is 81.8 cm³/mol. The smallest absolute Gasteiger partial charge is 0.120 e. The summed E-state index contributed by atoms with van der Waals surface area (Å²) in [6.07, 6.45) is 1.20. The van der Waals surface area contributed by atoms with E-state index in [1.807, 2.05) is 13.0 Å². The van der Waals surface area contributed by atoms with Crippen LogP contribution in [-0.2, 0) is 6.54 Å². The zero-order valence-electron chi connectivity index (χ0n) is 12.1. The summed E-state index contributed by atoms with van der Waals surface area (Å²) < 4.78 is 0. The second kappa shape index (κ2) is 5.29. The lowest BCUT2D eigenvalue weighted by molar-refractivity contribution is 0.0809. The number of aryl methyl sites for hydroxylation is 2. The molecule has 1 N–H and O–H groups in total. The van der Waals surface area contributed by atoms with Gasteiger partial charge in [-0.25, -0.2) is 0 Å². The standard InChI is InChI=1S/C18H21NO/c1-13-10-16(18(20)11-14(13)2)12-19-9-8-17(19)15-6-4-3-5-7-15/h3-7,10-11,17,20H,8-9,12H2,1-2H3/t17-/m0/s1. The van der Waals surface area contributed by atoms with Crippen LogP contribution in [0.15, 0.2) is 42.5 Å². The van der Waals surface area contributed by atoms with E-state index in [2.05, 4.69) is 48.2 Å². The van der Waals surface area contributed by atoms with E-state index in [1.165, 1.54) is 17.5 Å². The van der Waals surface area contributed by atoms with Crippen LogP contribution in [0.25, 0.3) is 0 Å². The lowest BCUT2D eigenvalue weighted by Crippen LogP contribution is -2.40. The van der Waals surface area contributed by atoms with Crippen molar-refractivity contribution in [2.45, 2.75) is 32.9 Å². The fourth-order valence-corrected chi connectivity index (χ4v) is 2.89. The van der Waals surface area contributed by atoms with Crippen LogP contribution >= 0.6 is 0 Å². The van der Waals surface area contributed by atoms with Crippen molar-refractivity contribution in [1.29, 1.82) is 0 Å². The topological polar surface area (TPSA) is 23.5 Å². The summed E-state index contributed by atoms with van der Waals surface area (Å²) in [7, 11) is 0. The molecule has 3 rings (SSSR count).